The second-order valence-corrected chi connectivity index (χ2v) is 5.16. The average Bonchev–Trinajstić information content (AvgIpc) is 2.56. The number of ketones is 1. The Balaban J connectivity index is 2.63. The van der Waals surface area contributed by atoms with Crippen molar-refractivity contribution in [1.82, 2.24) is 0 Å². The van der Waals surface area contributed by atoms with Crippen molar-refractivity contribution in [2.45, 2.75) is 13.8 Å². The first kappa shape index (κ1) is 17.5. The van der Waals surface area contributed by atoms with Gasteiger partial charge in [0.05, 0.1) is 5.70 Å². The van der Waals surface area contributed by atoms with Crippen molar-refractivity contribution in [2.75, 3.05) is 0 Å². The van der Waals surface area contributed by atoms with E-state index in [2.05, 4.69) is 0 Å². The Hall–Kier alpha value is -2.82. The molecule has 0 atom stereocenters. The number of hydrogen-bond donors (Lipinski definition) is 1. The molecule has 2 rings (SSSR count). The lowest BCUT2D eigenvalue weighted by atomic mass is 9.94. The van der Waals surface area contributed by atoms with E-state index in [4.69, 9.17) is 5.73 Å². The molecular weight excluding hydrogens is 315 g/mol. The fraction of sp³-hybridized carbons (Fsp3) is 0.105. The molecule has 0 bridgehead atoms. The van der Waals surface area contributed by atoms with Crippen LogP contribution in [0.3, 0.4) is 0 Å². The molecule has 0 heterocycles. The van der Waals surface area contributed by atoms with Crippen molar-refractivity contribution in [2.24, 2.45) is 5.73 Å². The minimum atomic E-state index is -0.878. The Labute approximate surface area is 138 Å². The molecule has 0 radical (unpaired) electrons. The number of halogens is 3. The van der Waals surface area contributed by atoms with Crippen molar-refractivity contribution >= 4 is 17.1 Å². The third kappa shape index (κ3) is 3.40. The quantitative estimate of drug-likeness (QED) is 0.642. The second-order valence-electron chi connectivity index (χ2n) is 5.16. The van der Waals surface area contributed by atoms with Gasteiger partial charge < -0.3 is 5.73 Å². The van der Waals surface area contributed by atoms with Crippen molar-refractivity contribution in [3.63, 3.8) is 0 Å². The predicted molar refractivity (Wildman–Crippen MR) is 88.7 cm³/mol. The molecule has 124 valence electrons. The summed E-state index contributed by atoms with van der Waals surface area (Å²) < 4.78 is 42.1. The van der Waals surface area contributed by atoms with E-state index in [1.54, 1.807) is 0 Å². The lowest BCUT2D eigenvalue weighted by Crippen LogP contribution is -2.06. The second kappa shape index (κ2) is 7.17. The topological polar surface area (TPSA) is 43.1 Å². The summed E-state index contributed by atoms with van der Waals surface area (Å²) >= 11 is 0. The van der Waals surface area contributed by atoms with Crippen LogP contribution >= 0.6 is 0 Å². The van der Waals surface area contributed by atoms with Gasteiger partial charge in [0.2, 0.25) is 0 Å². The van der Waals surface area contributed by atoms with Crippen molar-refractivity contribution < 1.29 is 18.0 Å². The van der Waals surface area contributed by atoms with Crippen LogP contribution in [0.5, 0.6) is 0 Å². The first-order valence-electron chi connectivity index (χ1n) is 7.24. The van der Waals surface area contributed by atoms with Gasteiger partial charge in [0.15, 0.2) is 11.6 Å². The average molecular weight is 331 g/mol. The largest absolute Gasteiger partial charge is 0.396 e. The third-order valence-electron chi connectivity index (χ3n) is 3.58. The van der Waals surface area contributed by atoms with E-state index in [0.29, 0.717) is 0 Å². The molecule has 2 aromatic carbocycles. The highest BCUT2D eigenvalue weighted by molar-refractivity contribution is 6.01. The number of carbonyl (C=O) groups is 1. The van der Waals surface area contributed by atoms with Gasteiger partial charge >= 0.3 is 0 Å². The fourth-order valence-electron chi connectivity index (χ4n) is 2.37. The van der Waals surface area contributed by atoms with E-state index >= 15 is 0 Å². The van der Waals surface area contributed by atoms with Gasteiger partial charge in [0.1, 0.15) is 11.6 Å². The van der Waals surface area contributed by atoms with Crippen LogP contribution < -0.4 is 5.73 Å². The zero-order valence-corrected chi connectivity index (χ0v) is 13.2. The van der Waals surface area contributed by atoms with Gasteiger partial charge in [-0.2, -0.15) is 0 Å². The number of nitrogens with two attached hydrogens (primary N) is 1. The molecule has 2 nitrogen and oxygen atoms in total. The molecule has 0 spiro atoms. The maximum atomic E-state index is 14.9. The Morgan fingerprint density at radius 2 is 1.71 bits per heavy atom. The lowest BCUT2D eigenvalue weighted by molar-refractivity contribution is 0.101. The Kier molecular flexibility index (Phi) is 5.24. The number of carbonyl (C=O) groups excluding carboxylic acids is 1. The molecule has 2 N–H and O–H groups in total. The molecule has 2 aromatic rings. The summed E-state index contributed by atoms with van der Waals surface area (Å²) in [6, 6.07) is 8.89. The molecular formula is C19H16F3NO. The predicted octanol–water partition coefficient (Wildman–Crippen LogP) is 4.87. The summed E-state index contributed by atoms with van der Waals surface area (Å²) in [6.45, 7) is 2.79. The summed E-state index contributed by atoms with van der Waals surface area (Å²) in [4.78, 5) is 11.7. The molecule has 0 amide bonds. The molecule has 0 saturated carbocycles. The van der Waals surface area contributed by atoms with E-state index < -0.39 is 23.2 Å². The molecule has 0 unspecified atom stereocenters. The van der Waals surface area contributed by atoms with E-state index in [0.717, 1.165) is 18.2 Å². The molecule has 0 aromatic heterocycles. The van der Waals surface area contributed by atoms with Crippen LogP contribution in [0.25, 0.3) is 11.3 Å². The zero-order valence-electron chi connectivity index (χ0n) is 13.2. The number of allylic oxidation sites excluding steroid dienone is 3. The van der Waals surface area contributed by atoms with Crippen molar-refractivity contribution in [3.8, 4) is 0 Å². The number of hydrogen-bond acceptors (Lipinski definition) is 2. The summed E-state index contributed by atoms with van der Waals surface area (Å²) in [5.41, 5.74) is 5.60. The monoisotopic (exact) mass is 331 g/mol. The van der Waals surface area contributed by atoms with Gasteiger partial charge in [-0.3, -0.25) is 4.79 Å². The van der Waals surface area contributed by atoms with Gasteiger partial charge in [-0.25, -0.2) is 13.2 Å². The van der Waals surface area contributed by atoms with Gasteiger partial charge in [-0.1, -0.05) is 18.2 Å². The minimum absolute atomic E-state index is 0.0603. The standard InChI is InChI=1S/C19H16F3NO/c1-3-14(17-15(11(2)24)5-4-6-16(17)21)18(22)19(23)12-7-9-13(20)10-8-12/h3-10H,23H2,1-2H3/b14-3+,19-18+. The summed E-state index contributed by atoms with van der Waals surface area (Å²) in [6.07, 6.45) is 1.34. The number of Topliss-reactive ketones (excluding diaryl/α,β-unsaturated/α-hetero) is 1. The summed E-state index contributed by atoms with van der Waals surface area (Å²) in [5.74, 6) is -2.47. The number of benzene rings is 2. The molecule has 0 saturated heterocycles. The van der Waals surface area contributed by atoms with Gasteiger partial charge in [-0.15, -0.1) is 0 Å². The highest BCUT2D eigenvalue weighted by Crippen LogP contribution is 2.33. The molecule has 0 aliphatic rings. The van der Waals surface area contributed by atoms with Crippen LogP contribution in [-0.2, 0) is 0 Å². The number of rotatable bonds is 4. The zero-order chi connectivity index (χ0) is 17.9. The Bertz CT molecular complexity index is 836. The van der Waals surface area contributed by atoms with E-state index in [1.807, 2.05) is 0 Å². The molecule has 0 aliphatic carbocycles. The molecule has 5 heteroatoms. The van der Waals surface area contributed by atoms with Crippen LogP contribution in [0.4, 0.5) is 13.2 Å². The summed E-state index contributed by atoms with van der Waals surface area (Å²) in [7, 11) is 0. The third-order valence-corrected chi connectivity index (χ3v) is 3.58. The SMILES string of the molecule is C/C=C(/C(F)=C(\N)c1ccc(F)cc1)c1c(F)cccc1C(C)=O. The van der Waals surface area contributed by atoms with Crippen LogP contribution in [0, 0.1) is 11.6 Å². The van der Waals surface area contributed by atoms with Gasteiger partial charge in [0.25, 0.3) is 0 Å². The molecule has 24 heavy (non-hydrogen) atoms. The maximum Gasteiger partial charge on any atom is 0.160 e. The fourth-order valence-corrected chi connectivity index (χ4v) is 2.37. The smallest absolute Gasteiger partial charge is 0.160 e. The Morgan fingerprint density at radius 3 is 2.25 bits per heavy atom. The van der Waals surface area contributed by atoms with E-state index in [9.17, 15) is 18.0 Å². The van der Waals surface area contributed by atoms with Crippen LogP contribution in [0.2, 0.25) is 0 Å². The lowest BCUT2D eigenvalue weighted by Gasteiger charge is -2.13. The van der Waals surface area contributed by atoms with Crippen molar-refractivity contribution in [3.05, 3.63) is 82.7 Å². The van der Waals surface area contributed by atoms with Gasteiger partial charge in [-0.05, 0) is 44.2 Å². The Morgan fingerprint density at radius 1 is 1.08 bits per heavy atom. The molecule has 0 aliphatic heterocycles. The normalized spacial score (nSPS) is 12.8. The molecule has 0 fully saturated rings. The van der Waals surface area contributed by atoms with Crippen LogP contribution in [0.15, 0.2) is 54.4 Å². The first-order valence-corrected chi connectivity index (χ1v) is 7.24. The van der Waals surface area contributed by atoms with Crippen LogP contribution in [-0.4, -0.2) is 5.78 Å². The van der Waals surface area contributed by atoms with Crippen LogP contribution in [0.1, 0.15) is 35.3 Å². The maximum absolute atomic E-state index is 14.9. The minimum Gasteiger partial charge on any atom is -0.396 e. The first-order chi connectivity index (χ1) is 11.4. The van der Waals surface area contributed by atoms with E-state index in [1.165, 1.54) is 44.2 Å². The summed E-state index contributed by atoms with van der Waals surface area (Å²) in [5, 5.41) is 0. The van der Waals surface area contributed by atoms with E-state index in [-0.39, 0.29) is 28.0 Å². The van der Waals surface area contributed by atoms with Crippen molar-refractivity contribution in [1.29, 1.82) is 0 Å². The van der Waals surface area contributed by atoms with Gasteiger partial charge in [0, 0.05) is 22.3 Å². The highest BCUT2D eigenvalue weighted by Gasteiger charge is 2.21. The highest BCUT2D eigenvalue weighted by atomic mass is 19.1.